The molecule has 9 aromatic carbocycles. The van der Waals surface area contributed by atoms with Crippen LogP contribution >= 0.6 is 0 Å². The van der Waals surface area contributed by atoms with Gasteiger partial charge in [0.05, 0.1) is 64.7 Å². The van der Waals surface area contributed by atoms with Crippen molar-refractivity contribution < 1.29 is 51.3 Å². The number of rotatable bonds is 4. The fraction of sp³-hybridized carbons (Fsp3) is 0.0182. The molecule has 0 saturated carbocycles. The third-order valence-electron chi connectivity index (χ3n) is 10.4. The Hall–Kier alpha value is -7.62. The third-order valence-corrected chi connectivity index (χ3v) is 10.4. The Bertz CT molecular complexity index is 5300. The van der Waals surface area contributed by atoms with Crippen molar-refractivity contribution in [2.24, 2.45) is 0 Å². The Labute approximate surface area is 378 Å². The highest BCUT2D eigenvalue weighted by atomic mass is 16.3. The molecule has 2 aromatic heterocycles. The van der Waals surface area contributed by atoms with Crippen LogP contribution in [0.4, 0.5) is 17.1 Å². The number of anilines is 3. The molecule has 0 saturated heterocycles. The molecule has 270 valence electrons. The predicted molar refractivity (Wildman–Crippen MR) is 237 cm³/mol. The number of nitrogens with zero attached hydrogens (tertiary/aromatic N) is 1. The molecule has 2 heterocycles. The summed E-state index contributed by atoms with van der Waals surface area (Å²) in [6.07, 6.45) is 0. The molecule has 58 heavy (non-hydrogen) atoms. The van der Waals surface area contributed by atoms with Gasteiger partial charge in [-0.2, -0.15) is 0 Å². The zero-order chi connectivity index (χ0) is 64.9. The normalized spacial score (nSPS) is 22.4. The molecule has 13 rings (SSSR count). The van der Waals surface area contributed by atoms with E-state index in [4.69, 9.17) is 23.9 Å². The van der Waals surface area contributed by atoms with Crippen LogP contribution in [-0.4, -0.2) is 0 Å². The lowest BCUT2D eigenvalue weighted by molar-refractivity contribution is 0.668. The van der Waals surface area contributed by atoms with Gasteiger partial charge in [0.15, 0.2) is 0 Å². The number of hydrogen-bond donors (Lipinski definition) is 0. The minimum Gasteiger partial charge on any atom is -0.456 e. The quantitative estimate of drug-likeness (QED) is 0.178. The topological polar surface area (TPSA) is 29.5 Å². The van der Waals surface area contributed by atoms with Gasteiger partial charge in [0.1, 0.15) is 22.3 Å². The molecular weight excluding hydrogens is 707 g/mol. The molecule has 0 amide bonds. The average Bonchev–Trinajstić information content (AvgIpc) is 1.48. The first-order valence-electron chi connectivity index (χ1n) is 32.9. The van der Waals surface area contributed by atoms with E-state index in [-0.39, 0.29) is 5.56 Å². The first-order chi connectivity index (χ1) is 41.7. The summed E-state index contributed by atoms with van der Waals surface area (Å²) in [4.78, 5) is 0.530. The summed E-state index contributed by atoms with van der Waals surface area (Å²) in [6, 6.07) is -28.1. The van der Waals surface area contributed by atoms with E-state index in [2.05, 4.69) is 0 Å². The van der Waals surface area contributed by atoms with E-state index in [0.717, 1.165) is 12.1 Å². The molecule has 3 nitrogen and oxygen atoms in total. The highest BCUT2D eigenvalue weighted by molar-refractivity contribution is 6.14. The second-order valence-electron chi connectivity index (χ2n) is 13.2. The molecule has 3 heteroatoms. The van der Waals surface area contributed by atoms with Gasteiger partial charge in [-0.05, 0) is 104 Å². The van der Waals surface area contributed by atoms with Crippen LogP contribution in [0, 0.1) is 0 Å². The lowest BCUT2D eigenvalue weighted by atomic mass is 9.70. The zero-order valence-corrected chi connectivity index (χ0v) is 28.9. The molecular formula is C55H33NO2. The Balaban J connectivity index is 1.32. The maximum atomic E-state index is 10.4. The number of furan rings is 2. The van der Waals surface area contributed by atoms with Crippen molar-refractivity contribution in [3.8, 4) is 33.4 Å². The smallest absolute Gasteiger partial charge is 0.137 e. The van der Waals surface area contributed by atoms with Gasteiger partial charge in [-0.1, -0.05) is 145 Å². The van der Waals surface area contributed by atoms with Gasteiger partial charge in [-0.15, -0.1) is 0 Å². The van der Waals surface area contributed by atoms with E-state index in [1.54, 1.807) is 0 Å². The monoisotopic (exact) mass is 770 g/mol. The van der Waals surface area contributed by atoms with Crippen LogP contribution in [0.25, 0.3) is 77.3 Å². The third kappa shape index (κ3) is 4.12. The van der Waals surface area contributed by atoms with Crippen molar-refractivity contribution in [3.63, 3.8) is 0 Å². The van der Waals surface area contributed by atoms with Gasteiger partial charge in [0, 0.05) is 27.4 Å². The van der Waals surface area contributed by atoms with E-state index in [1.807, 2.05) is 0 Å². The molecule has 0 bridgehead atoms. The fourth-order valence-corrected chi connectivity index (χ4v) is 8.17. The maximum Gasteiger partial charge on any atom is 0.137 e. The molecule has 11 aromatic rings. The SMILES string of the molecule is [2H]c1cc2c(c([2H])c1[2H])C1(c3c([2H])c([2H])c([2H])c([2H])c3-2)c2c([2H])c([2H])c([2H])c([2H])c2-c2c(N(c3c([2H])c([2H])c([2H])c(-c4cc([2H])c5oc6c([2H])c([2H])c([2H])c([2H])c6c5c4[2H])c3[2H])c3c([2H])c([2H])c([2H])c4oc5c([2H])c([2H])c([2H])c([2H])c5c34)c([2H])c([2H])c([2H])c21. The van der Waals surface area contributed by atoms with Crippen LogP contribution in [-0.2, 0) is 5.41 Å². The largest absolute Gasteiger partial charge is 0.456 e. The Morgan fingerprint density at radius 2 is 1.00 bits per heavy atom. The van der Waals surface area contributed by atoms with E-state index in [0.29, 0.717) is 4.90 Å². The van der Waals surface area contributed by atoms with Gasteiger partial charge in [0.2, 0.25) is 0 Å². The first kappa shape index (κ1) is 14.1. The number of hydrogen-bond acceptors (Lipinski definition) is 3. The summed E-state index contributed by atoms with van der Waals surface area (Å²) >= 11 is 0. The second-order valence-corrected chi connectivity index (χ2v) is 13.2. The predicted octanol–water partition coefficient (Wildman–Crippen LogP) is 15.0. The first-order valence-corrected chi connectivity index (χ1v) is 17.4. The summed E-state index contributed by atoms with van der Waals surface area (Å²) in [7, 11) is 0. The van der Waals surface area contributed by atoms with Crippen LogP contribution in [0.3, 0.4) is 0 Å². The summed E-state index contributed by atoms with van der Waals surface area (Å²) in [5.41, 5.74) is -15.4. The van der Waals surface area contributed by atoms with Gasteiger partial charge < -0.3 is 13.7 Å². The van der Waals surface area contributed by atoms with E-state index >= 15 is 0 Å². The molecule has 0 aliphatic heterocycles. The summed E-state index contributed by atoms with van der Waals surface area (Å²) in [6.45, 7) is 0. The minimum atomic E-state index is -2.91. The van der Waals surface area contributed by atoms with Crippen LogP contribution in [0.1, 0.15) is 64.7 Å². The van der Waals surface area contributed by atoms with Crippen molar-refractivity contribution in [1.82, 2.24) is 0 Å². The molecule has 1 unspecified atom stereocenters. The lowest BCUT2D eigenvalue weighted by Gasteiger charge is -2.32. The minimum absolute atomic E-state index is 0.378. The van der Waals surface area contributed by atoms with Crippen LogP contribution < -0.4 is 4.90 Å². The molecule has 0 radical (unpaired) electrons. The summed E-state index contributed by atoms with van der Waals surface area (Å²) in [5, 5.41) is -2.30. The van der Waals surface area contributed by atoms with Crippen molar-refractivity contribution in [2.45, 2.75) is 5.41 Å². The average molecular weight is 771 g/mol. The van der Waals surface area contributed by atoms with E-state index in [9.17, 15) is 27.4 Å². The van der Waals surface area contributed by atoms with Gasteiger partial charge in [-0.25, -0.2) is 0 Å². The van der Waals surface area contributed by atoms with Crippen molar-refractivity contribution in [2.75, 3.05) is 4.90 Å². The summed E-state index contributed by atoms with van der Waals surface area (Å²) in [5.74, 6) is 0. The van der Waals surface area contributed by atoms with Crippen LogP contribution in [0.5, 0.6) is 0 Å². The molecule has 1 spiro atoms. The highest BCUT2D eigenvalue weighted by Gasteiger charge is 2.52. The molecule has 2 aliphatic rings. The second kappa shape index (κ2) is 11.7. The van der Waals surface area contributed by atoms with Gasteiger partial charge >= 0.3 is 0 Å². The Morgan fingerprint density at radius 3 is 1.88 bits per heavy atom. The molecule has 0 fully saturated rings. The van der Waals surface area contributed by atoms with Crippen LogP contribution in [0.15, 0.2) is 208 Å². The zero-order valence-electron chi connectivity index (χ0n) is 59.9. The van der Waals surface area contributed by atoms with E-state index < -0.39 is 304 Å². The standard InChI is InChI=1S/C55H33NO2/c1-6-21-43-37(16-1)38-17-2-7-22-44(38)55(43)45-23-8-3-19-40(45)53-46(55)24-12-25-47(53)56(48-26-13-29-52-54(48)41-20-5-10-28-50(41)58-52)36-15-11-14-34(32-36)35-30-31-51-42(33-35)39-18-4-9-27-49(39)57-51/h1-33H/i1D,2D,3D,4D,5D,6D,7D,8D,9D,10D,11D,12D,13D,14D,15D,16D,18D,19D,20D,21D,22D,23D,24D,25D,26D,27D,28D,29D,31D,32D,33D. The fourth-order valence-electron chi connectivity index (χ4n) is 8.17. The van der Waals surface area contributed by atoms with Gasteiger partial charge in [0.25, 0.3) is 0 Å². The summed E-state index contributed by atoms with van der Waals surface area (Å²) < 4.78 is 301. The van der Waals surface area contributed by atoms with Crippen molar-refractivity contribution in [3.05, 3.63) is 222 Å². The van der Waals surface area contributed by atoms with Crippen LogP contribution in [0.2, 0.25) is 0 Å². The molecule has 1 atom stereocenters. The highest BCUT2D eigenvalue weighted by Crippen LogP contribution is 2.64. The van der Waals surface area contributed by atoms with E-state index in [1.165, 1.54) is 0 Å². The van der Waals surface area contributed by atoms with Crippen molar-refractivity contribution in [1.29, 1.82) is 0 Å². The molecule has 2 aliphatic carbocycles. The number of para-hydroxylation sites is 2. The lowest BCUT2D eigenvalue weighted by Crippen LogP contribution is -2.26. The molecule has 0 N–H and O–H groups in total. The maximum absolute atomic E-state index is 10.4. The Morgan fingerprint density at radius 1 is 0.397 bits per heavy atom. The number of fused-ring (bicyclic) bond motifs is 16. The van der Waals surface area contributed by atoms with Crippen molar-refractivity contribution >= 4 is 60.9 Å². The number of benzene rings is 9. The Kier molecular flexibility index (Phi) is 2.84. The van der Waals surface area contributed by atoms with Gasteiger partial charge in [-0.3, -0.25) is 0 Å².